The Morgan fingerprint density at radius 3 is 2.58 bits per heavy atom. The van der Waals surface area contributed by atoms with E-state index in [1.807, 2.05) is 12.1 Å². The minimum absolute atomic E-state index is 0.126. The first-order valence-corrected chi connectivity index (χ1v) is 8.04. The van der Waals surface area contributed by atoms with Crippen LogP contribution in [0.25, 0.3) is 0 Å². The Morgan fingerprint density at radius 1 is 1.25 bits per heavy atom. The molecule has 0 spiro atoms. The Bertz CT molecular complexity index is 734. The van der Waals surface area contributed by atoms with Gasteiger partial charge in [0.2, 0.25) is 0 Å². The maximum Gasteiger partial charge on any atom is 0.311 e. The predicted molar refractivity (Wildman–Crippen MR) is 96.1 cm³/mol. The van der Waals surface area contributed by atoms with E-state index >= 15 is 0 Å². The highest BCUT2D eigenvalue weighted by molar-refractivity contribution is 14.1. The topological polar surface area (TPSA) is 90.7 Å². The molecular formula is C16H15IN2O5. The number of halogens is 1. The van der Waals surface area contributed by atoms with Crippen molar-refractivity contribution in [2.45, 2.75) is 6.54 Å². The second kappa shape index (κ2) is 8.48. The monoisotopic (exact) mass is 442 g/mol. The predicted octanol–water partition coefficient (Wildman–Crippen LogP) is 2.90. The first kappa shape index (κ1) is 18.0. The maximum absolute atomic E-state index is 11.8. The second-order valence-corrected chi connectivity index (χ2v) is 6.03. The Balaban J connectivity index is 1.88. The summed E-state index contributed by atoms with van der Waals surface area (Å²) in [7, 11) is 1.37. The molecule has 0 aliphatic heterocycles. The highest BCUT2D eigenvalue weighted by Crippen LogP contribution is 2.27. The molecule has 0 radical (unpaired) electrons. The number of carbonyl (C=O) groups is 1. The standard InChI is InChI=1S/C16H15IN2O5/c1-23-15-7-2-11(8-14(15)19(21)22)9-18-16(20)10-24-13-5-3-12(17)4-6-13/h2-8H,9-10H2,1H3,(H,18,20). The van der Waals surface area contributed by atoms with Gasteiger partial charge in [0.15, 0.2) is 12.4 Å². The van der Waals surface area contributed by atoms with Crippen molar-refractivity contribution in [1.29, 1.82) is 0 Å². The van der Waals surface area contributed by atoms with E-state index in [0.717, 1.165) is 3.57 Å². The third-order valence-corrected chi connectivity index (χ3v) is 3.83. The fraction of sp³-hybridized carbons (Fsp3) is 0.188. The molecule has 0 aromatic heterocycles. The highest BCUT2D eigenvalue weighted by Gasteiger charge is 2.15. The van der Waals surface area contributed by atoms with E-state index in [-0.39, 0.29) is 30.5 Å². The number of methoxy groups -OCH3 is 1. The molecule has 0 heterocycles. The molecule has 0 fully saturated rings. The van der Waals surface area contributed by atoms with Gasteiger partial charge >= 0.3 is 5.69 Å². The molecule has 0 bridgehead atoms. The fourth-order valence-corrected chi connectivity index (χ4v) is 2.28. The molecule has 0 unspecified atom stereocenters. The summed E-state index contributed by atoms with van der Waals surface area (Å²) in [5, 5.41) is 13.6. The summed E-state index contributed by atoms with van der Waals surface area (Å²) in [6.07, 6.45) is 0. The molecule has 2 aromatic carbocycles. The number of nitro groups is 1. The summed E-state index contributed by atoms with van der Waals surface area (Å²) in [5.74, 6) is 0.467. The Morgan fingerprint density at radius 2 is 1.96 bits per heavy atom. The number of hydrogen-bond donors (Lipinski definition) is 1. The molecule has 0 aliphatic rings. The molecule has 126 valence electrons. The smallest absolute Gasteiger partial charge is 0.311 e. The van der Waals surface area contributed by atoms with E-state index in [9.17, 15) is 14.9 Å². The summed E-state index contributed by atoms with van der Waals surface area (Å²) in [6.45, 7) is 0.0402. The van der Waals surface area contributed by atoms with Crippen LogP contribution < -0.4 is 14.8 Å². The van der Waals surface area contributed by atoms with Gasteiger partial charge in [0.1, 0.15) is 5.75 Å². The van der Waals surface area contributed by atoms with E-state index in [4.69, 9.17) is 9.47 Å². The van der Waals surface area contributed by atoms with Crippen LogP contribution in [0.2, 0.25) is 0 Å². The molecule has 8 heteroatoms. The van der Waals surface area contributed by atoms with E-state index in [1.54, 1.807) is 18.2 Å². The van der Waals surface area contributed by atoms with Gasteiger partial charge in [-0.25, -0.2) is 0 Å². The quantitative estimate of drug-likeness (QED) is 0.405. The molecule has 1 amide bonds. The van der Waals surface area contributed by atoms with Crippen LogP contribution in [0, 0.1) is 13.7 Å². The molecule has 24 heavy (non-hydrogen) atoms. The summed E-state index contributed by atoms with van der Waals surface area (Å²) >= 11 is 2.18. The average Bonchev–Trinajstić information content (AvgIpc) is 2.59. The summed E-state index contributed by atoms with van der Waals surface area (Å²) in [4.78, 5) is 22.3. The van der Waals surface area contributed by atoms with Gasteiger partial charge in [-0.3, -0.25) is 14.9 Å². The molecule has 1 N–H and O–H groups in total. The van der Waals surface area contributed by atoms with Gasteiger partial charge in [-0.1, -0.05) is 6.07 Å². The van der Waals surface area contributed by atoms with Gasteiger partial charge < -0.3 is 14.8 Å². The van der Waals surface area contributed by atoms with Crippen LogP contribution in [0.3, 0.4) is 0 Å². The zero-order valence-corrected chi connectivity index (χ0v) is 15.0. The van der Waals surface area contributed by atoms with Crippen molar-refractivity contribution in [3.8, 4) is 11.5 Å². The van der Waals surface area contributed by atoms with Crippen LogP contribution in [-0.4, -0.2) is 24.5 Å². The van der Waals surface area contributed by atoms with Crippen LogP contribution >= 0.6 is 22.6 Å². The molecule has 0 atom stereocenters. The lowest BCUT2D eigenvalue weighted by Gasteiger charge is -2.08. The third kappa shape index (κ3) is 5.08. The van der Waals surface area contributed by atoms with Gasteiger partial charge in [0, 0.05) is 16.2 Å². The van der Waals surface area contributed by atoms with E-state index in [2.05, 4.69) is 27.9 Å². The van der Waals surface area contributed by atoms with E-state index in [1.165, 1.54) is 19.2 Å². The molecule has 2 aromatic rings. The number of carbonyl (C=O) groups excluding carboxylic acids is 1. The number of nitrogens with zero attached hydrogens (tertiary/aromatic N) is 1. The minimum atomic E-state index is -0.524. The summed E-state index contributed by atoms with van der Waals surface area (Å²) in [6, 6.07) is 11.9. The number of benzene rings is 2. The molecule has 7 nitrogen and oxygen atoms in total. The highest BCUT2D eigenvalue weighted by atomic mass is 127. The molecule has 0 aliphatic carbocycles. The zero-order chi connectivity index (χ0) is 17.5. The lowest BCUT2D eigenvalue weighted by atomic mass is 10.2. The number of rotatable bonds is 7. The van der Waals surface area contributed by atoms with Crippen molar-refractivity contribution in [1.82, 2.24) is 5.32 Å². The fourth-order valence-electron chi connectivity index (χ4n) is 1.92. The molecule has 0 saturated carbocycles. The van der Waals surface area contributed by atoms with E-state index < -0.39 is 4.92 Å². The van der Waals surface area contributed by atoms with Crippen LogP contribution in [0.1, 0.15) is 5.56 Å². The van der Waals surface area contributed by atoms with Crippen LogP contribution in [0.15, 0.2) is 42.5 Å². The Kier molecular flexibility index (Phi) is 6.36. The lowest BCUT2D eigenvalue weighted by molar-refractivity contribution is -0.385. The van der Waals surface area contributed by atoms with Crippen molar-refractivity contribution in [3.05, 3.63) is 61.7 Å². The lowest BCUT2D eigenvalue weighted by Crippen LogP contribution is -2.28. The normalized spacial score (nSPS) is 10.1. The molecular weight excluding hydrogens is 427 g/mol. The number of nitrogens with one attached hydrogen (secondary N) is 1. The van der Waals surface area contributed by atoms with Crippen molar-refractivity contribution in [2.75, 3.05) is 13.7 Å². The first-order valence-electron chi connectivity index (χ1n) is 6.96. The third-order valence-electron chi connectivity index (χ3n) is 3.11. The number of nitro benzene ring substituents is 1. The van der Waals surface area contributed by atoms with Crippen molar-refractivity contribution in [2.24, 2.45) is 0 Å². The van der Waals surface area contributed by atoms with Crippen molar-refractivity contribution in [3.63, 3.8) is 0 Å². The number of hydrogen-bond acceptors (Lipinski definition) is 5. The van der Waals surface area contributed by atoms with Crippen molar-refractivity contribution < 1.29 is 19.2 Å². The van der Waals surface area contributed by atoms with E-state index in [0.29, 0.717) is 11.3 Å². The first-order chi connectivity index (χ1) is 11.5. The molecule has 0 saturated heterocycles. The summed E-state index contributed by atoms with van der Waals surface area (Å²) < 4.78 is 11.4. The number of amides is 1. The van der Waals surface area contributed by atoms with Crippen molar-refractivity contribution >= 4 is 34.2 Å². The van der Waals surface area contributed by atoms with Crippen LogP contribution in [-0.2, 0) is 11.3 Å². The van der Waals surface area contributed by atoms with Gasteiger partial charge in [0.25, 0.3) is 5.91 Å². The Labute approximate surface area is 152 Å². The van der Waals surface area contributed by atoms with Gasteiger partial charge in [-0.15, -0.1) is 0 Å². The summed E-state index contributed by atoms with van der Waals surface area (Å²) in [5.41, 5.74) is 0.463. The van der Waals surface area contributed by atoms with Gasteiger partial charge in [-0.05, 0) is 58.5 Å². The van der Waals surface area contributed by atoms with Crippen LogP contribution in [0.5, 0.6) is 11.5 Å². The largest absolute Gasteiger partial charge is 0.490 e. The average molecular weight is 442 g/mol. The molecule has 2 rings (SSSR count). The van der Waals surface area contributed by atoms with Gasteiger partial charge in [-0.2, -0.15) is 0 Å². The minimum Gasteiger partial charge on any atom is -0.490 e. The second-order valence-electron chi connectivity index (χ2n) is 4.78. The van der Waals surface area contributed by atoms with Crippen LogP contribution in [0.4, 0.5) is 5.69 Å². The number of ether oxygens (including phenoxy) is 2. The zero-order valence-electron chi connectivity index (χ0n) is 12.8. The SMILES string of the molecule is COc1ccc(CNC(=O)COc2ccc(I)cc2)cc1[N+](=O)[O-]. The van der Waals surface area contributed by atoms with Gasteiger partial charge in [0.05, 0.1) is 12.0 Å². The maximum atomic E-state index is 11.8. The Hall–Kier alpha value is -2.36.